The first-order valence-electron chi connectivity index (χ1n) is 11.0. The molecule has 2 N–H and O–H groups in total. The number of fused-ring (bicyclic) bond motifs is 5. The van der Waals surface area contributed by atoms with E-state index >= 15 is 0 Å². The third-order valence-corrected chi connectivity index (χ3v) is 6.51. The standard InChI is InChI=1S/C23H29ClN4O3/c1-3-25-23(27-13-16-7-8-17(24)12-18(16)31-4-2)26-9-10-28-21(29)19-14-5-6-15(11-14)20(19)22(28)30/h5-8,12,14-15,19-20H,3-4,9-11,13H2,1-2H3,(H2,25,26,27). The Bertz CT molecular complexity index is 886. The number of nitrogens with zero attached hydrogens (tertiary/aromatic N) is 2. The van der Waals surface area contributed by atoms with E-state index in [-0.39, 0.29) is 35.5 Å². The maximum Gasteiger partial charge on any atom is 0.233 e. The van der Waals surface area contributed by atoms with Gasteiger partial charge in [-0.1, -0.05) is 29.8 Å². The van der Waals surface area contributed by atoms with Gasteiger partial charge < -0.3 is 15.4 Å². The summed E-state index contributed by atoms with van der Waals surface area (Å²) in [6.45, 7) is 6.38. The summed E-state index contributed by atoms with van der Waals surface area (Å²) in [4.78, 5) is 31.7. The number of nitrogens with one attached hydrogen (secondary N) is 2. The number of allylic oxidation sites excluding steroid dienone is 2. The molecular weight excluding hydrogens is 416 g/mol. The van der Waals surface area contributed by atoms with E-state index in [2.05, 4.69) is 27.8 Å². The number of hydrogen-bond donors (Lipinski definition) is 2. The number of benzene rings is 1. The molecule has 1 saturated heterocycles. The molecule has 1 aliphatic heterocycles. The van der Waals surface area contributed by atoms with Crippen LogP contribution in [0.2, 0.25) is 5.02 Å². The lowest BCUT2D eigenvalue weighted by atomic mass is 9.85. The molecule has 0 aromatic heterocycles. The maximum absolute atomic E-state index is 12.8. The first-order chi connectivity index (χ1) is 15.0. The molecule has 3 aliphatic rings. The molecule has 0 spiro atoms. The zero-order valence-corrected chi connectivity index (χ0v) is 18.7. The molecule has 31 heavy (non-hydrogen) atoms. The van der Waals surface area contributed by atoms with E-state index < -0.39 is 0 Å². The Hall–Kier alpha value is -2.54. The second-order valence-corrected chi connectivity index (χ2v) is 8.57. The Morgan fingerprint density at radius 1 is 1.16 bits per heavy atom. The monoisotopic (exact) mass is 444 g/mol. The minimum Gasteiger partial charge on any atom is -0.493 e. The number of aliphatic imine (C=N–C) groups is 1. The zero-order valence-electron chi connectivity index (χ0n) is 17.9. The van der Waals surface area contributed by atoms with Gasteiger partial charge in [-0.15, -0.1) is 0 Å². The molecule has 7 nitrogen and oxygen atoms in total. The lowest BCUT2D eigenvalue weighted by Gasteiger charge is -2.18. The van der Waals surface area contributed by atoms with Gasteiger partial charge in [0.15, 0.2) is 5.96 Å². The van der Waals surface area contributed by atoms with Gasteiger partial charge in [-0.25, -0.2) is 4.99 Å². The number of imide groups is 1. The average molecular weight is 445 g/mol. The van der Waals surface area contributed by atoms with E-state index in [0.717, 1.165) is 17.7 Å². The van der Waals surface area contributed by atoms with Crippen molar-refractivity contribution in [3.8, 4) is 5.75 Å². The van der Waals surface area contributed by atoms with Crippen molar-refractivity contribution >= 4 is 29.4 Å². The third kappa shape index (κ3) is 4.28. The number of amides is 2. The van der Waals surface area contributed by atoms with Crippen molar-refractivity contribution in [2.24, 2.45) is 28.7 Å². The normalized spacial score (nSPS) is 26.5. The highest BCUT2D eigenvalue weighted by molar-refractivity contribution is 6.30. The second kappa shape index (κ2) is 9.30. The fraction of sp³-hybridized carbons (Fsp3) is 0.522. The van der Waals surface area contributed by atoms with Crippen molar-refractivity contribution in [3.63, 3.8) is 0 Å². The number of hydrogen-bond acceptors (Lipinski definition) is 4. The van der Waals surface area contributed by atoms with Crippen LogP contribution in [0.1, 0.15) is 25.8 Å². The van der Waals surface area contributed by atoms with Crippen molar-refractivity contribution < 1.29 is 14.3 Å². The minimum absolute atomic E-state index is 0.0156. The van der Waals surface area contributed by atoms with E-state index in [1.165, 1.54) is 4.90 Å². The van der Waals surface area contributed by atoms with E-state index in [4.69, 9.17) is 16.3 Å². The van der Waals surface area contributed by atoms with Crippen molar-refractivity contribution in [2.75, 3.05) is 26.2 Å². The molecular formula is C23H29ClN4O3. The molecule has 1 aromatic rings. The molecule has 4 atom stereocenters. The van der Waals surface area contributed by atoms with Gasteiger partial charge in [0, 0.05) is 30.2 Å². The molecule has 4 unspecified atom stereocenters. The van der Waals surface area contributed by atoms with E-state index in [9.17, 15) is 9.59 Å². The van der Waals surface area contributed by atoms with Crippen LogP contribution in [-0.2, 0) is 16.1 Å². The maximum atomic E-state index is 12.8. The van der Waals surface area contributed by atoms with Crippen LogP contribution in [0.4, 0.5) is 0 Å². The third-order valence-electron chi connectivity index (χ3n) is 6.27. The van der Waals surface area contributed by atoms with E-state index in [1.54, 1.807) is 6.07 Å². The van der Waals surface area contributed by atoms with Crippen LogP contribution in [0, 0.1) is 23.7 Å². The number of rotatable bonds is 8. The molecule has 8 heteroatoms. The molecule has 1 heterocycles. The molecule has 2 fully saturated rings. The van der Waals surface area contributed by atoms with Gasteiger partial charge in [-0.3, -0.25) is 14.5 Å². The van der Waals surface area contributed by atoms with Crippen LogP contribution < -0.4 is 15.4 Å². The summed E-state index contributed by atoms with van der Waals surface area (Å²) in [5, 5.41) is 7.06. The van der Waals surface area contributed by atoms with Crippen molar-refractivity contribution in [3.05, 3.63) is 40.9 Å². The van der Waals surface area contributed by atoms with Crippen LogP contribution >= 0.6 is 11.6 Å². The number of ether oxygens (including phenoxy) is 1. The van der Waals surface area contributed by atoms with Gasteiger partial charge in [-0.2, -0.15) is 0 Å². The highest BCUT2D eigenvalue weighted by atomic mass is 35.5. The summed E-state index contributed by atoms with van der Waals surface area (Å²) in [6.07, 6.45) is 5.18. The summed E-state index contributed by atoms with van der Waals surface area (Å²) in [6, 6.07) is 5.52. The smallest absolute Gasteiger partial charge is 0.233 e. The first kappa shape index (κ1) is 21.7. The second-order valence-electron chi connectivity index (χ2n) is 8.13. The van der Waals surface area contributed by atoms with Gasteiger partial charge in [0.25, 0.3) is 0 Å². The summed E-state index contributed by atoms with van der Waals surface area (Å²) < 4.78 is 5.66. The first-order valence-corrected chi connectivity index (χ1v) is 11.4. The highest BCUT2D eigenvalue weighted by Crippen LogP contribution is 2.52. The molecule has 2 aliphatic carbocycles. The van der Waals surface area contributed by atoms with Crippen molar-refractivity contribution in [2.45, 2.75) is 26.8 Å². The summed E-state index contributed by atoms with van der Waals surface area (Å²) in [7, 11) is 0. The quantitative estimate of drug-likeness (QED) is 0.279. The average Bonchev–Trinajstić information content (AvgIpc) is 3.43. The fourth-order valence-corrected chi connectivity index (χ4v) is 5.09. The Balaban J connectivity index is 1.35. The topological polar surface area (TPSA) is 83.0 Å². The summed E-state index contributed by atoms with van der Waals surface area (Å²) >= 11 is 6.07. The lowest BCUT2D eigenvalue weighted by molar-refractivity contribution is -0.140. The molecule has 166 valence electrons. The summed E-state index contributed by atoms with van der Waals surface area (Å²) in [5.74, 6) is 1.50. The number of carbonyl (C=O) groups is 2. The van der Waals surface area contributed by atoms with Gasteiger partial charge in [-0.05, 0) is 44.2 Å². The largest absolute Gasteiger partial charge is 0.493 e. The van der Waals surface area contributed by atoms with Crippen LogP contribution in [0.3, 0.4) is 0 Å². The molecule has 1 saturated carbocycles. The Kier molecular flexibility index (Phi) is 6.51. The number of carbonyl (C=O) groups excluding carboxylic acids is 2. The van der Waals surface area contributed by atoms with Gasteiger partial charge in [0.1, 0.15) is 5.75 Å². The Morgan fingerprint density at radius 3 is 2.52 bits per heavy atom. The molecule has 1 aromatic carbocycles. The zero-order chi connectivity index (χ0) is 22.0. The SMILES string of the molecule is CCNC(=NCc1ccc(Cl)cc1OCC)NCCN1C(=O)C2C3C=CC(C3)C2C1=O. The van der Waals surface area contributed by atoms with E-state index in [0.29, 0.717) is 43.8 Å². The Morgan fingerprint density at radius 2 is 1.87 bits per heavy atom. The van der Waals surface area contributed by atoms with Crippen LogP contribution in [0.15, 0.2) is 35.3 Å². The molecule has 2 bridgehead atoms. The van der Waals surface area contributed by atoms with Crippen molar-refractivity contribution in [1.82, 2.24) is 15.5 Å². The number of likely N-dealkylation sites (tertiary alicyclic amines) is 1. The Labute approximate surface area is 187 Å². The molecule has 0 radical (unpaired) electrons. The van der Waals surface area contributed by atoms with Gasteiger partial charge in [0.2, 0.25) is 11.8 Å². The van der Waals surface area contributed by atoms with Gasteiger partial charge >= 0.3 is 0 Å². The van der Waals surface area contributed by atoms with Crippen LogP contribution in [0.25, 0.3) is 0 Å². The minimum atomic E-state index is -0.147. The van der Waals surface area contributed by atoms with Crippen LogP contribution in [0.5, 0.6) is 5.75 Å². The predicted molar refractivity (Wildman–Crippen MR) is 120 cm³/mol. The highest BCUT2D eigenvalue weighted by Gasteiger charge is 2.58. The van der Waals surface area contributed by atoms with Crippen LogP contribution in [-0.4, -0.2) is 48.9 Å². The van der Waals surface area contributed by atoms with Gasteiger partial charge in [0.05, 0.1) is 25.0 Å². The predicted octanol–water partition coefficient (Wildman–Crippen LogP) is 2.60. The number of guanidine groups is 1. The fourth-order valence-electron chi connectivity index (χ4n) is 4.93. The van der Waals surface area contributed by atoms with E-state index in [1.807, 2.05) is 26.0 Å². The van der Waals surface area contributed by atoms with Crippen molar-refractivity contribution in [1.29, 1.82) is 0 Å². The molecule has 4 rings (SSSR count). The summed E-state index contributed by atoms with van der Waals surface area (Å²) in [5.41, 5.74) is 0.934. The molecule has 2 amide bonds. The number of halogens is 1. The lowest BCUT2D eigenvalue weighted by Crippen LogP contribution is -2.43.